The van der Waals surface area contributed by atoms with Gasteiger partial charge in [0.15, 0.2) is 0 Å². The molecule has 0 bridgehead atoms. The van der Waals surface area contributed by atoms with Gasteiger partial charge in [-0.05, 0) is 19.0 Å². The number of pyridine rings is 1. The van der Waals surface area contributed by atoms with Crippen molar-refractivity contribution in [1.82, 2.24) is 15.6 Å². The number of hydrogen-bond donors (Lipinski definition) is 2. The summed E-state index contributed by atoms with van der Waals surface area (Å²) in [4.78, 5) is 4.15. The van der Waals surface area contributed by atoms with E-state index in [1.807, 2.05) is 12.1 Å². The van der Waals surface area contributed by atoms with Crippen molar-refractivity contribution < 1.29 is 4.74 Å². The van der Waals surface area contributed by atoms with Crippen LogP contribution in [0.15, 0.2) is 18.3 Å². The summed E-state index contributed by atoms with van der Waals surface area (Å²) < 4.78 is 5.17. The maximum Gasteiger partial charge on any atom is 0.217 e. The summed E-state index contributed by atoms with van der Waals surface area (Å²) in [6.45, 7) is 6.00. The lowest BCUT2D eigenvalue weighted by atomic mass is 10.2. The molecule has 0 atom stereocenters. The normalized spacial score (nSPS) is 10.4. The predicted molar refractivity (Wildman–Crippen MR) is 65.7 cm³/mol. The molecule has 0 unspecified atom stereocenters. The first-order chi connectivity index (χ1) is 7.88. The van der Waals surface area contributed by atoms with Crippen molar-refractivity contribution >= 4 is 0 Å². The predicted octanol–water partition coefficient (Wildman–Crippen LogP) is 1.18. The molecule has 0 aliphatic heterocycles. The molecule has 0 saturated heterocycles. The number of rotatable bonds is 8. The van der Waals surface area contributed by atoms with Crippen LogP contribution in [-0.2, 0) is 6.54 Å². The second-order valence-electron chi connectivity index (χ2n) is 3.60. The van der Waals surface area contributed by atoms with Crippen LogP contribution in [0.2, 0.25) is 0 Å². The third-order valence-corrected chi connectivity index (χ3v) is 2.26. The van der Waals surface area contributed by atoms with Crippen LogP contribution >= 0.6 is 0 Å². The van der Waals surface area contributed by atoms with E-state index in [-0.39, 0.29) is 0 Å². The van der Waals surface area contributed by atoms with Crippen molar-refractivity contribution in [2.45, 2.75) is 19.9 Å². The fraction of sp³-hybridized carbons (Fsp3) is 0.583. The summed E-state index contributed by atoms with van der Waals surface area (Å²) in [5.41, 5.74) is 1.10. The van der Waals surface area contributed by atoms with Gasteiger partial charge in [0.25, 0.3) is 0 Å². The second-order valence-corrected chi connectivity index (χ2v) is 3.60. The summed E-state index contributed by atoms with van der Waals surface area (Å²) in [7, 11) is 1.65. The second kappa shape index (κ2) is 8.07. The molecule has 1 rings (SSSR count). The number of aromatic nitrogens is 1. The molecule has 1 heterocycles. The highest BCUT2D eigenvalue weighted by Crippen LogP contribution is 2.12. The Morgan fingerprint density at radius 2 is 2.06 bits per heavy atom. The van der Waals surface area contributed by atoms with E-state index in [1.54, 1.807) is 13.3 Å². The van der Waals surface area contributed by atoms with E-state index in [4.69, 9.17) is 4.74 Å². The Balaban J connectivity index is 2.21. The molecule has 0 spiro atoms. The van der Waals surface area contributed by atoms with E-state index in [0.717, 1.165) is 31.7 Å². The Labute approximate surface area is 97.4 Å². The van der Waals surface area contributed by atoms with E-state index in [1.165, 1.54) is 6.42 Å². The largest absolute Gasteiger partial charge is 0.481 e. The fourth-order valence-corrected chi connectivity index (χ4v) is 1.44. The van der Waals surface area contributed by atoms with Crippen molar-refractivity contribution in [1.29, 1.82) is 0 Å². The molecule has 4 nitrogen and oxygen atoms in total. The Kier molecular flexibility index (Phi) is 6.53. The Morgan fingerprint density at radius 3 is 2.81 bits per heavy atom. The van der Waals surface area contributed by atoms with Gasteiger partial charge in [-0.2, -0.15) is 0 Å². The highest BCUT2D eigenvalue weighted by molar-refractivity contribution is 5.24. The van der Waals surface area contributed by atoms with Crippen molar-refractivity contribution in [3.8, 4) is 5.88 Å². The lowest BCUT2D eigenvalue weighted by Crippen LogP contribution is -2.27. The van der Waals surface area contributed by atoms with E-state index >= 15 is 0 Å². The van der Waals surface area contributed by atoms with E-state index in [0.29, 0.717) is 5.88 Å². The van der Waals surface area contributed by atoms with E-state index in [9.17, 15) is 0 Å². The van der Waals surface area contributed by atoms with Gasteiger partial charge in [0.05, 0.1) is 7.11 Å². The summed E-state index contributed by atoms with van der Waals surface area (Å²) >= 11 is 0. The summed E-state index contributed by atoms with van der Waals surface area (Å²) in [5.74, 6) is 0.705. The molecular formula is C12H21N3O. The van der Waals surface area contributed by atoms with Gasteiger partial charge in [-0.15, -0.1) is 0 Å². The molecular weight excluding hydrogens is 202 g/mol. The van der Waals surface area contributed by atoms with Crippen LogP contribution in [-0.4, -0.2) is 31.7 Å². The maximum absolute atomic E-state index is 5.17. The number of hydrogen-bond acceptors (Lipinski definition) is 4. The molecule has 0 radical (unpaired) electrons. The third kappa shape index (κ3) is 4.59. The molecule has 0 fully saturated rings. The average molecular weight is 223 g/mol. The zero-order valence-corrected chi connectivity index (χ0v) is 10.1. The molecule has 0 aromatic carbocycles. The van der Waals surface area contributed by atoms with Crippen LogP contribution in [0.4, 0.5) is 0 Å². The van der Waals surface area contributed by atoms with Crippen LogP contribution < -0.4 is 15.4 Å². The van der Waals surface area contributed by atoms with Gasteiger partial charge in [-0.25, -0.2) is 4.98 Å². The summed E-state index contributed by atoms with van der Waals surface area (Å²) in [6.07, 6.45) is 2.92. The quantitative estimate of drug-likeness (QED) is 0.650. The number of nitrogens with zero attached hydrogens (tertiary/aromatic N) is 1. The Bertz CT molecular complexity index is 291. The smallest absolute Gasteiger partial charge is 0.217 e. The monoisotopic (exact) mass is 223 g/mol. The molecule has 90 valence electrons. The number of nitrogens with one attached hydrogen (secondary N) is 2. The maximum atomic E-state index is 5.17. The minimum absolute atomic E-state index is 0.705. The molecule has 0 amide bonds. The van der Waals surface area contributed by atoms with Gasteiger partial charge in [0, 0.05) is 31.4 Å². The van der Waals surface area contributed by atoms with Crippen LogP contribution in [0.1, 0.15) is 18.9 Å². The van der Waals surface area contributed by atoms with Crippen LogP contribution in [0.3, 0.4) is 0 Å². The first-order valence-corrected chi connectivity index (χ1v) is 5.77. The molecule has 2 N–H and O–H groups in total. The molecule has 0 aliphatic carbocycles. The highest BCUT2D eigenvalue weighted by Gasteiger charge is 2.01. The molecule has 1 aromatic rings. The first-order valence-electron chi connectivity index (χ1n) is 5.77. The summed E-state index contributed by atoms with van der Waals surface area (Å²) in [6, 6.07) is 3.95. The molecule has 1 aromatic heterocycles. The minimum Gasteiger partial charge on any atom is -0.481 e. The van der Waals surface area contributed by atoms with E-state index in [2.05, 4.69) is 22.5 Å². The van der Waals surface area contributed by atoms with Gasteiger partial charge in [0.1, 0.15) is 0 Å². The zero-order valence-electron chi connectivity index (χ0n) is 10.1. The van der Waals surface area contributed by atoms with Gasteiger partial charge in [0.2, 0.25) is 5.88 Å². The van der Waals surface area contributed by atoms with Crippen LogP contribution in [0, 0.1) is 0 Å². The number of ether oxygens (including phenoxy) is 1. The average Bonchev–Trinajstić information content (AvgIpc) is 2.34. The van der Waals surface area contributed by atoms with Crippen molar-refractivity contribution in [2.24, 2.45) is 0 Å². The SMILES string of the molecule is CCCNCCNCc1cccnc1OC. The topological polar surface area (TPSA) is 46.2 Å². The third-order valence-electron chi connectivity index (χ3n) is 2.26. The van der Waals surface area contributed by atoms with Crippen molar-refractivity contribution in [3.63, 3.8) is 0 Å². The Morgan fingerprint density at radius 1 is 1.25 bits per heavy atom. The van der Waals surface area contributed by atoms with Crippen LogP contribution in [0.25, 0.3) is 0 Å². The first kappa shape index (κ1) is 12.9. The fourth-order valence-electron chi connectivity index (χ4n) is 1.44. The van der Waals surface area contributed by atoms with Crippen molar-refractivity contribution in [3.05, 3.63) is 23.9 Å². The van der Waals surface area contributed by atoms with Gasteiger partial charge in [-0.1, -0.05) is 13.0 Å². The van der Waals surface area contributed by atoms with Gasteiger partial charge >= 0.3 is 0 Å². The van der Waals surface area contributed by atoms with Gasteiger partial charge < -0.3 is 15.4 Å². The molecule has 0 saturated carbocycles. The molecule has 16 heavy (non-hydrogen) atoms. The lowest BCUT2D eigenvalue weighted by molar-refractivity contribution is 0.390. The standard InChI is InChI=1S/C12H21N3O/c1-3-6-13-8-9-14-10-11-5-4-7-15-12(11)16-2/h4-5,7,13-14H,3,6,8-10H2,1-2H3. The minimum atomic E-state index is 0.705. The Hall–Kier alpha value is -1.13. The summed E-state index contributed by atoms with van der Waals surface area (Å²) in [5, 5.41) is 6.69. The van der Waals surface area contributed by atoms with Crippen LogP contribution in [0.5, 0.6) is 5.88 Å². The molecule has 0 aliphatic rings. The van der Waals surface area contributed by atoms with Crippen molar-refractivity contribution in [2.75, 3.05) is 26.7 Å². The highest BCUT2D eigenvalue weighted by atomic mass is 16.5. The van der Waals surface area contributed by atoms with Gasteiger partial charge in [-0.3, -0.25) is 0 Å². The zero-order chi connectivity index (χ0) is 11.6. The molecule has 4 heteroatoms. The number of methoxy groups -OCH3 is 1. The lowest BCUT2D eigenvalue weighted by Gasteiger charge is -2.08. The van der Waals surface area contributed by atoms with E-state index < -0.39 is 0 Å².